The normalized spacial score (nSPS) is 25.1. The van der Waals surface area contributed by atoms with E-state index in [4.69, 9.17) is 17.0 Å². The lowest BCUT2D eigenvalue weighted by Gasteiger charge is -2.36. The highest BCUT2D eigenvalue weighted by Crippen LogP contribution is 2.22. The standard InChI is InChI=1S/C18H27N3O3S2/c1-14-12-20(13-15(2)24-14)18(25)19-16-6-8-17(9-7-16)26(22,23)21-10-4-3-5-11-21/h6-9,14-15H,3-5,10-13H2,1-2H3,(H,19,25)/t14-,15-/m1/s1. The minimum absolute atomic E-state index is 0.135. The molecule has 3 rings (SSSR count). The number of thiocarbonyl (C=S) groups is 1. The summed E-state index contributed by atoms with van der Waals surface area (Å²) in [6, 6.07) is 6.85. The van der Waals surface area contributed by atoms with Crippen molar-refractivity contribution in [2.45, 2.75) is 50.2 Å². The third-order valence-electron chi connectivity index (χ3n) is 4.77. The van der Waals surface area contributed by atoms with Gasteiger partial charge < -0.3 is 15.0 Å². The molecule has 2 saturated heterocycles. The zero-order chi connectivity index (χ0) is 18.7. The van der Waals surface area contributed by atoms with Crippen LogP contribution >= 0.6 is 12.2 Å². The second kappa shape index (κ2) is 8.21. The molecule has 6 nitrogen and oxygen atoms in total. The Morgan fingerprint density at radius 2 is 1.65 bits per heavy atom. The molecule has 2 atom stereocenters. The number of hydrogen-bond donors (Lipinski definition) is 1. The quantitative estimate of drug-likeness (QED) is 0.792. The maximum absolute atomic E-state index is 12.7. The molecule has 8 heteroatoms. The third kappa shape index (κ3) is 4.54. The van der Waals surface area contributed by atoms with E-state index in [0.717, 1.165) is 38.0 Å². The molecule has 0 radical (unpaired) electrons. The van der Waals surface area contributed by atoms with Crippen LogP contribution in [0.1, 0.15) is 33.1 Å². The van der Waals surface area contributed by atoms with Crippen LogP contribution in [0.5, 0.6) is 0 Å². The maximum Gasteiger partial charge on any atom is 0.243 e. The molecule has 2 fully saturated rings. The Morgan fingerprint density at radius 3 is 2.23 bits per heavy atom. The van der Waals surface area contributed by atoms with Crippen LogP contribution in [0.15, 0.2) is 29.2 Å². The summed E-state index contributed by atoms with van der Waals surface area (Å²) in [6.07, 6.45) is 3.24. The number of piperidine rings is 1. The molecule has 0 amide bonds. The molecule has 0 aliphatic carbocycles. The molecule has 2 heterocycles. The van der Waals surface area contributed by atoms with Gasteiger partial charge in [-0.05, 0) is 63.2 Å². The molecule has 0 unspecified atom stereocenters. The van der Waals surface area contributed by atoms with Crippen LogP contribution in [-0.2, 0) is 14.8 Å². The van der Waals surface area contributed by atoms with Crippen LogP contribution < -0.4 is 5.32 Å². The minimum atomic E-state index is -3.40. The first-order valence-corrected chi connectivity index (χ1v) is 11.0. The molecule has 0 spiro atoms. The Hall–Kier alpha value is -1.22. The van der Waals surface area contributed by atoms with Crippen molar-refractivity contribution in [2.24, 2.45) is 0 Å². The second-order valence-electron chi connectivity index (χ2n) is 7.08. The van der Waals surface area contributed by atoms with Crippen LogP contribution in [0.25, 0.3) is 0 Å². The highest BCUT2D eigenvalue weighted by molar-refractivity contribution is 7.89. The van der Waals surface area contributed by atoms with Gasteiger partial charge in [-0.2, -0.15) is 4.31 Å². The lowest BCUT2D eigenvalue weighted by atomic mass is 10.2. The van der Waals surface area contributed by atoms with E-state index in [1.807, 2.05) is 13.8 Å². The van der Waals surface area contributed by atoms with Gasteiger partial charge in [-0.3, -0.25) is 0 Å². The summed E-state index contributed by atoms with van der Waals surface area (Å²) >= 11 is 5.50. The highest BCUT2D eigenvalue weighted by Gasteiger charge is 2.26. The summed E-state index contributed by atoms with van der Waals surface area (Å²) in [6.45, 7) is 6.78. The van der Waals surface area contributed by atoms with Gasteiger partial charge in [0.15, 0.2) is 5.11 Å². The molecule has 0 bridgehead atoms. The summed E-state index contributed by atoms with van der Waals surface area (Å²) in [5, 5.41) is 3.84. The van der Waals surface area contributed by atoms with Crippen molar-refractivity contribution in [2.75, 3.05) is 31.5 Å². The number of hydrogen-bond acceptors (Lipinski definition) is 4. The fourth-order valence-electron chi connectivity index (χ4n) is 3.51. The van der Waals surface area contributed by atoms with E-state index in [2.05, 4.69) is 10.2 Å². The molecule has 26 heavy (non-hydrogen) atoms. The van der Waals surface area contributed by atoms with Gasteiger partial charge in [0, 0.05) is 31.9 Å². The van der Waals surface area contributed by atoms with Crippen LogP contribution in [0.3, 0.4) is 0 Å². The Morgan fingerprint density at radius 1 is 1.08 bits per heavy atom. The van der Waals surface area contributed by atoms with Gasteiger partial charge in [-0.25, -0.2) is 8.42 Å². The van der Waals surface area contributed by atoms with Gasteiger partial charge in [0.1, 0.15) is 0 Å². The molecule has 1 aromatic carbocycles. The maximum atomic E-state index is 12.7. The molecule has 1 N–H and O–H groups in total. The van der Waals surface area contributed by atoms with E-state index in [1.165, 1.54) is 0 Å². The average molecular weight is 398 g/mol. The van der Waals surface area contributed by atoms with Gasteiger partial charge in [0.05, 0.1) is 17.1 Å². The summed E-state index contributed by atoms with van der Waals surface area (Å²) in [7, 11) is -3.40. The number of benzene rings is 1. The van der Waals surface area contributed by atoms with Crippen molar-refractivity contribution in [3.05, 3.63) is 24.3 Å². The Balaban J connectivity index is 1.65. The van der Waals surface area contributed by atoms with Crippen LogP contribution in [0, 0.1) is 0 Å². The van der Waals surface area contributed by atoms with Crippen molar-refractivity contribution in [1.82, 2.24) is 9.21 Å². The van der Waals surface area contributed by atoms with Gasteiger partial charge in [0.25, 0.3) is 0 Å². The smallest absolute Gasteiger partial charge is 0.243 e. The number of morpholine rings is 1. The molecule has 0 aromatic heterocycles. The summed E-state index contributed by atoms with van der Waals surface area (Å²) in [5.74, 6) is 0. The Kier molecular flexibility index (Phi) is 6.17. The lowest BCUT2D eigenvalue weighted by molar-refractivity contribution is -0.0473. The molecular weight excluding hydrogens is 370 g/mol. The largest absolute Gasteiger partial charge is 0.372 e. The molecule has 0 saturated carbocycles. The number of anilines is 1. The van der Waals surface area contributed by atoms with Crippen molar-refractivity contribution >= 4 is 33.0 Å². The second-order valence-corrected chi connectivity index (χ2v) is 9.41. The molecule has 1 aromatic rings. The zero-order valence-corrected chi connectivity index (χ0v) is 17.0. The van der Waals surface area contributed by atoms with Crippen molar-refractivity contribution in [3.8, 4) is 0 Å². The Labute approximate surface area is 161 Å². The number of nitrogens with zero attached hydrogens (tertiary/aromatic N) is 2. The fourth-order valence-corrected chi connectivity index (χ4v) is 5.29. The number of rotatable bonds is 3. The lowest BCUT2D eigenvalue weighted by Crippen LogP contribution is -2.49. The van der Waals surface area contributed by atoms with E-state index in [0.29, 0.717) is 23.1 Å². The number of sulfonamides is 1. The molecule has 2 aliphatic heterocycles. The van der Waals surface area contributed by atoms with Gasteiger partial charge >= 0.3 is 0 Å². The minimum Gasteiger partial charge on any atom is -0.372 e. The van der Waals surface area contributed by atoms with Crippen LogP contribution in [0.4, 0.5) is 5.69 Å². The van der Waals surface area contributed by atoms with Gasteiger partial charge in [-0.1, -0.05) is 6.42 Å². The summed E-state index contributed by atoms with van der Waals surface area (Å²) < 4.78 is 32.7. The molecular formula is C18H27N3O3S2. The van der Waals surface area contributed by atoms with E-state index in [-0.39, 0.29) is 12.2 Å². The highest BCUT2D eigenvalue weighted by atomic mass is 32.2. The fraction of sp³-hybridized carbons (Fsp3) is 0.611. The van der Waals surface area contributed by atoms with E-state index >= 15 is 0 Å². The van der Waals surface area contributed by atoms with E-state index < -0.39 is 10.0 Å². The summed E-state index contributed by atoms with van der Waals surface area (Å²) in [5.41, 5.74) is 0.791. The van der Waals surface area contributed by atoms with Gasteiger partial charge in [0.2, 0.25) is 10.0 Å². The van der Waals surface area contributed by atoms with Crippen molar-refractivity contribution in [1.29, 1.82) is 0 Å². The Bertz CT molecular complexity index is 721. The van der Waals surface area contributed by atoms with Crippen molar-refractivity contribution < 1.29 is 13.2 Å². The van der Waals surface area contributed by atoms with E-state index in [9.17, 15) is 8.42 Å². The van der Waals surface area contributed by atoms with E-state index in [1.54, 1.807) is 28.6 Å². The first-order chi connectivity index (χ1) is 12.4. The first kappa shape index (κ1) is 19.5. The predicted molar refractivity (Wildman–Crippen MR) is 107 cm³/mol. The third-order valence-corrected chi connectivity index (χ3v) is 7.04. The predicted octanol–water partition coefficient (Wildman–Crippen LogP) is 2.67. The number of ether oxygens (including phenoxy) is 1. The molecule has 144 valence electrons. The zero-order valence-electron chi connectivity index (χ0n) is 15.3. The van der Waals surface area contributed by atoms with Crippen molar-refractivity contribution in [3.63, 3.8) is 0 Å². The summed E-state index contributed by atoms with van der Waals surface area (Å²) in [4.78, 5) is 2.43. The number of nitrogens with one attached hydrogen (secondary N) is 1. The average Bonchev–Trinajstić information content (AvgIpc) is 2.62. The monoisotopic (exact) mass is 397 g/mol. The topological polar surface area (TPSA) is 61.9 Å². The van der Waals surface area contributed by atoms with Crippen LogP contribution in [0.2, 0.25) is 0 Å². The van der Waals surface area contributed by atoms with Gasteiger partial charge in [-0.15, -0.1) is 0 Å². The molecule has 2 aliphatic rings. The van der Waals surface area contributed by atoms with Crippen LogP contribution in [-0.4, -0.2) is 61.1 Å². The first-order valence-electron chi connectivity index (χ1n) is 9.18. The SMILES string of the molecule is C[C@@H]1CN(C(=S)Nc2ccc(S(=O)(=O)N3CCCCC3)cc2)C[C@@H](C)O1.